The molecule has 30 heavy (non-hydrogen) atoms. The van der Waals surface area contributed by atoms with Crippen LogP contribution in [0, 0.1) is 0 Å². The Bertz CT molecular complexity index is 984. The Morgan fingerprint density at radius 3 is 2.80 bits per heavy atom. The van der Waals surface area contributed by atoms with Crippen molar-refractivity contribution in [3.05, 3.63) is 47.6 Å². The summed E-state index contributed by atoms with van der Waals surface area (Å²) >= 11 is 1.63. The molecule has 2 heterocycles. The number of aryl methyl sites for hydroxylation is 2. The molecule has 0 bridgehead atoms. The van der Waals surface area contributed by atoms with E-state index in [0.29, 0.717) is 30.8 Å². The summed E-state index contributed by atoms with van der Waals surface area (Å²) in [6.07, 6.45) is 5.12. The normalized spacial score (nSPS) is 10.8. The molecule has 0 aliphatic carbocycles. The summed E-state index contributed by atoms with van der Waals surface area (Å²) in [5.41, 5.74) is 8.91. The maximum atomic E-state index is 12.4. The monoisotopic (exact) mass is 427 g/mol. The van der Waals surface area contributed by atoms with E-state index in [4.69, 9.17) is 10.8 Å². The minimum Gasteiger partial charge on any atom is -0.481 e. The Balaban J connectivity index is 1.46. The molecule has 8 nitrogen and oxygen atoms in total. The number of carboxylic acids is 1. The predicted molar refractivity (Wildman–Crippen MR) is 117 cm³/mol. The van der Waals surface area contributed by atoms with Gasteiger partial charge < -0.3 is 16.2 Å². The molecule has 1 amide bonds. The first-order valence-electron chi connectivity index (χ1n) is 9.85. The van der Waals surface area contributed by atoms with Crippen LogP contribution in [0.1, 0.15) is 37.8 Å². The van der Waals surface area contributed by atoms with Crippen LogP contribution in [0.25, 0.3) is 10.4 Å². The van der Waals surface area contributed by atoms with Gasteiger partial charge in [0, 0.05) is 36.9 Å². The van der Waals surface area contributed by atoms with Crippen LogP contribution in [0.3, 0.4) is 0 Å². The Morgan fingerprint density at radius 1 is 1.17 bits per heavy atom. The van der Waals surface area contributed by atoms with Crippen LogP contribution in [-0.4, -0.2) is 32.0 Å². The first-order chi connectivity index (χ1) is 14.5. The Labute approximate surface area is 178 Å². The molecule has 1 aromatic carbocycles. The van der Waals surface area contributed by atoms with Gasteiger partial charge in [0.25, 0.3) is 0 Å². The number of aromatic nitrogens is 3. The molecule has 0 fully saturated rings. The van der Waals surface area contributed by atoms with Crippen molar-refractivity contribution in [2.24, 2.45) is 0 Å². The van der Waals surface area contributed by atoms with Gasteiger partial charge in [-0.25, -0.2) is 0 Å². The summed E-state index contributed by atoms with van der Waals surface area (Å²) in [6.45, 7) is 0.685. The summed E-state index contributed by atoms with van der Waals surface area (Å²) in [7, 11) is 0. The van der Waals surface area contributed by atoms with Crippen molar-refractivity contribution >= 4 is 34.6 Å². The molecule has 0 aliphatic heterocycles. The highest BCUT2D eigenvalue weighted by atomic mass is 32.1. The highest BCUT2D eigenvalue weighted by Gasteiger charge is 2.10. The second-order valence-electron chi connectivity index (χ2n) is 7.00. The minimum absolute atomic E-state index is 0.131. The molecule has 0 saturated carbocycles. The fraction of sp³-hybridized carbons (Fsp3) is 0.333. The van der Waals surface area contributed by atoms with Crippen LogP contribution in [-0.2, 0) is 22.6 Å². The van der Waals surface area contributed by atoms with Gasteiger partial charge in [-0.1, -0.05) is 23.8 Å². The molecule has 2 aromatic heterocycles. The molecule has 0 atom stereocenters. The average Bonchev–Trinajstić information content (AvgIpc) is 3.40. The van der Waals surface area contributed by atoms with Gasteiger partial charge in [-0.05, 0) is 42.0 Å². The third kappa shape index (κ3) is 6.41. The van der Waals surface area contributed by atoms with Crippen molar-refractivity contribution in [3.8, 4) is 10.4 Å². The minimum atomic E-state index is -0.767. The molecule has 0 aliphatic rings. The Morgan fingerprint density at radius 2 is 2.03 bits per heavy atom. The number of unbranched alkanes of at least 4 members (excludes halogenated alkanes) is 2. The van der Waals surface area contributed by atoms with Gasteiger partial charge in [0.15, 0.2) is 0 Å². The Hall–Kier alpha value is -3.20. The summed E-state index contributed by atoms with van der Waals surface area (Å²) in [6, 6.07) is 9.64. The molecular weight excluding hydrogens is 402 g/mol. The SMILES string of the molecule is Nc1ccc(-c2cccs2)cc1NC(=O)CCc1cn(CCCCCC(=O)O)nn1. The van der Waals surface area contributed by atoms with Crippen molar-refractivity contribution in [2.75, 3.05) is 11.1 Å². The van der Waals surface area contributed by atoms with Gasteiger partial charge in [0.2, 0.25) is 5.91 Å². The number of nitrogen functional groups attached to an aromatic ring is 1. The number of amides is 1. The van der Waals surface area contributed by atoms with Crippen LogP contribution < -0.4 is 11.1 Å². The lowest BCUT2D eigenvalue weighted by molar-refractivity contribution is -0.137. The zero-order valence-electron chi connectivity index (χ0n) is 16.6. The zero-order chi connectivity index (χ0) is 21.3. The highest BCUT2D eigenvalue weighted by molar-refractivity contribution is 7.13. The molecule has 0 saturated heterocycles. The number of nitrogens with zero attached hydrogens (tertiary/aromatic N) is 3. The van der Waals surface area contributed by atoms with Crippen LogP contribution in [0.2, 0.25) is 0 Å². The number of thiophene rings is 1. The van der Waals surface area contributed by atoms with Gasteiger partial charge in [-0.2, -0.15) is 0 Å². The number of hydrogen-bond acceptors (Lipinski definition) is 6. The van der Waals surface area contributed by atoms with Gasteiger partial charge in [-0.15, -0.1) is 16.4 Å². The van der Waals surface area contributed by atoms with E-state index in [1.54, 1.807) is 22.1 Å². The lowest BCUT2D eigenvalue weighted by Gasteiger charge is -2.09. The number of nitrogens with two attached hydrogens (primary N) is 1. The van der Waals surface area contributed by atoms with Gasteiger partial charge in [0.05, 0.1) is 17.1 Å². The highest BCUT2D eigenvalue weighted by Crippen LogP contribution is 2.30. The van der Waals surface area contributed by atoms with E-state index in [1.807, 2.05) is 35.8 Å². The molecular formula is C21H25N5O3S. The molecule has 9 heteroatoms. The average molecular weight is 428 g/mol. The number of carbonyl (C=O) groups is 2. The standard InChI is InChI=1S/C21H25N5O3S/c22-17-9-7-15(19-5-4-12-30-19)13-18(17)23-20(27)10-8-16-14-26(25-24-16)11-3-1-2-6-21(28)29/h4-5,7,9,12-14H,1-3,6,8,10-11,22H2,(H,23,27)(H,28,29). The van der Waals surface area contributed by atoms with E-state index in [0.717, 1.165) is 29.0 Å². The topological polar surface area (TPSA) is 123 Å². The van der Waals surface area contributed by atoms with Gasteiger partial charge in [0.1, 0.15) is 0 Å². The summed E-state index contributed by atoms with van der Waals surface area (Å²) in [5, 5.41) is 21.7. The maximum absolute atomic E-state index is 12.4. The van der Waals surface area contributed by atoms with E-state index < -0.39 is 5.97 Å². The van der Waals surface area contributed by atoms with Crippen molar-refractivity contribution in [1.29, 1.82) is 0 Å². The molecule has 0 radical (unpaired) electrons. The number of aliphatic carboxylic acids is 1. The summed E-state index contributed by atoms with van der Waals surface area (Å²) < 4.78 is 1.73. The van der Waals surface area contributed by atoms with Gasteiger partial charge in [-0.3, -0.25) is 14.3 Å². The first-order valence-corrected chi connectivity index (χ1v) is 10.7. The van der Waals surface area contributed by atoms with E-state index in [-0.39, 0.29) is 18.7 Å². The fourth-order valence-electron chi connectivity index (χ4n) is 3.00. The number of anilines is 2. The molecule has 4 N–H and O–H groups in total. The van der Waals surface area contributed by atoms with Crippen LogP contribution in [0.15, 0.2) is 41.9 Å². The molecule has 0 unspecified atom stereocenters. The smallest absolute Gasteiger partial charge is 0.303 e. The van der Waals surface area contributed by atoms with E-state index >= 15 is 0 Å². The van der Waals surface area contributed by atoms with Crippen molar-refractivity contribution in [3.63, 3.8) is 0 Å². The lowest BCUT2D eigenvalue weighted by atomic mass is 10.1. The van der Waals surface area contributed by atoms with Crippen molar-refractivity contribution in [2.45, 2.75) is 45.1 Å². The molecule has 158 valence electrons. The van der Waals surface area contributed by atoms with Crippen LogP contribution in [0.5, 0.6) is 0 Å². The second kappa shape index (κ2) is 10.5. The second-order valence-corrected chi connectivity index (χ2v) is 7.95. The quantitative estimate of drug-likeness (QED) is 0.316. The number of carboxylic acid groups (broad SMARTS) is 1. The van der Waals surface area contributed by atoms with Gasteiger partial charge >= 0.3 is 5.97 Å². The first kappa shape index (κ1) is 21.5. The maximum Gasteiger partial charge on any atom is 0.303 e. The fourth-order valence-corrected chi connectivity index (χ4v) is 3.73. The number of nitrogens with one attached hydrogen (secondary N) is 1. The zero-order valence-corrected chi connectivity index (χ0v) is 17.4. The number of hydrogen-bond donors (Lipinski definition) is 3. The predicted octanol–water partition coefficient (Wildman–Crippen LogP) is 3.81. The van der Waals surface area contributed by atoms with Crippen molar-refractivity contribution < 1.29 is 14.7 Å². The largest absolute Gasteiger partial charge is 0.481 e. The lowest BCUT2D eigenvalue weighted by Crippen LogP contribution is -2.13. The molecule has 3 aromatic rings. The Kier molecular flexibility index (Phi) is 7.56. The van der Waals surface area contributed by atoms with E-state index in [9.17, 15) is 9.59 Å². The number of benzene rings is 1. The third-order valence-electron chi connectivity index (χ3n) is 4.61. The third-order valence-corrected chi connectivity index (χ3v) is 5.52. The van der Waals surface area contributed by atoms with Crippen LogP contribution in [0.4, 0.5) is 11.4 Å². The summed E-state index contributed by atoms with van der Waals surface area (Å²) in [4.78, 5) is 24.0. The van der Waals surface area contributed by atoms with Crippen LogP contribution >= 0.6 is 11.3 Å². The number of rotatable bonds is 11. The number of carbonyl (C=O) groups excluding carboxylic acids is 1. The van der Waals surface area contributed by atoms with Crippen molar-refractivity contribution in [1.82, 2.24) is 15.0 Å². The van der Waals surface area contributed by atoms with E-state index in [1.165, 1.54) is 0 Å². The van der Waals surface area contributed by atoms with E-state index in [2.05, 4.69) is 15.6 Å². The molecule has 3 rings (SSSR count). The molecule has 0 spiro atoms. The summed E-state index contributed by atoms with van der Waals surface area (Å²) in [5.74, 6) is -0.899.